The lowest BCUT2D eigenvalue weighted by atomic mass is 10.2. The molecule has 1 atom stereocenters. The standard InChI is InChI=1S/C19H18FN3OS2/c1-11(17(24)21-9-12-5-7-13(20)8-6-12)25-18-16-14-3-2-4-15(14)26-19(16)23-10-22-18/h5-8,10-11H,2-4,9H2,1H3,(H,21,24)/t11-/m1/s1. The second kappa shape index (κ2) is 7.32. The summed E-state index contributed by atoms with van der Waals surface area (Å²) in [6.45, 7) is 2.27. The maximum Gasteiger partial charge on any atom is 0.233 e. The zero-order chi connectivity index (χ0) is 18.1. The van der Waals surface area contributed by atoms with Gasteiger partial charge in [0, 0.05) is 16.8 Å². The Morgan fingerprint density at radius 3 is 2.92 bits per heavy atom. The molecule has 7 heteroatoms. The van der Waals surface area contributed by atoms with Gasteiger partial charge in [-0.2, -0.15) is 0 Å². The van der Waals surface area contributed by atoms with Gasteiger partial charge in [0.15, 0.2) is 0 Å². The summed E-state index contributed by atoms with van der Waals surface area (Å²) in [6.07, 6.45) is 4.96. The summed E-state index contributed by atoms with van der Waals surface area (Å²) in [5.41, 5.74) is 2.24. The number of amides is 1. The summed E-state index contributed by atoms with van der Waals surface area (Å²) in [5.74, 6) is -0.335. The van der Waals surface area contributed by atoms with Crippen LogP contribution in [0.25, 0.3) is 10.2 Å². The lowest BCUT2D eigenvalue weighted by molar-refractivity contribution is -0.120. The van der Waals surface area contributed by atoms with Crippen LogP contribution in [0.15, 0.2) is 35.6 Å². The number of hydrogen-bond acceptors (Lipinski definition) is 5. The number of nitrogens with one attached hydrogen (secondary N) is 1. The van der Waals surface area contributed by atoms with Crippen LogP contribution in [0, 0.1) is 5.82 Å². The summed E-state index contributed by atoms with van der Waals surface area (Å²) in [7, 11) is 0. The van der Waals surface area contributed by atoms with E-state index in [2.05, 4.69) is 15.3 Å². The third-order valence-electron chi connectivity index (χ3n) is 4.50. The minimum atomic E-state index is -0.278. The molecule has 0 radical (unpaired) electrons. The average Bonchev–Trinajstić information content (AvgIpc) is 3.22. The molecule has 0 spiro atoms. The molecular weight excluding hydrogens is 369 g/mol. The van der Waals surface area contributed by atoms with Crippen LogP contribution in [-0.4, -0.2) is 21.1 Å². The summed E-state index contributed by atoms with van der Waals surface area (Å²) in [6, 6.07) is 6.15. The molecule has 1 aliphatic rings. The van der Waals surface area contributed by atoms with Gasteiger partial charge in [-0.05, 0) is 49.4 Å². The van der Waals surface area contributed by atoms with Crippen molar-refractivity contribution in [2.24, 2.45) is 0 Å². The first-order valence-electron chi connectivity index (χ1n) is 8.56. The topological polar surface area (TPSA) is 54.9 Å². The first-order chi connectivity index (χ1) is 12.6. The highest BCUT2D eigenvalue weighted by Gasteiger charge is 2.23. The van der Waals surface area contributed by atoms with Crippen molar-refractivity contribution >= 4 is 39.2 Å². The number of halogens is 1. The minimum absolute atomic E-state index is 0.0574. The van der Waals surface area contributed by atoms with Gasteiger partial charge >= 0.3 is 0 Å². The van der Waals surface area contributed by atoms with E-state index in [1.807, 2.05) is 6.92 Å². The lowest BCUT2D eigenvalue weighted by Crippen LogP contribution is -2.30. The van der Waals surface area contributed by atoms with Crippen molar-refractivity contribution in [3.63, 3.8) is 0 Å². The summed E-state index contributed by atoms with van der Waals surface area (Å²) < 4.78 is 12.9. The number of thioether (sulfide) groups is 1. The summed E-state index contributed by atoms with van der Waals surface area (Å²) in [4.78, 5) is 23.7. The average molecular weight is 388 g/mol. The second-order valence-corrected chi connectivity index (χ2v) is 8.73. The van der Waals surface area contributed by atoms with Crippen LogP contribution in [-0.2, 0) is 24.2 Å². The Morgan fingerprint density at radius 1 is 1.31 bits per heavy atom. The largest absolute Gasteiger partial charge is 0.351 e. The molecule has 4 rings (SSSR count). The van der Waals surface area contributed by atoms with Gasteiger partial charge in [-0.1, -0.05) is 23.9 Å². The first-order valence-corrected chi connectivity index (χ1v) is 10.3. The molecular formula is C19H18FN3OS2. The third kappa shape index (κ3) is 3.46. The predicted molar refractivity (Wildman–Crippen MR) is 103 cm³/mol. The van der Waals surface area contributed by atoms with Crippen LogP contribution in [0.2, 0.25) is 0 Å². The molecule has 1 amide bonds. The number of fused-ring (bicyclic) bond motifs is 3. The highest BCUT2D eigenvalue weighted by Crippen LogP contribution is 2.40. The smallest absolute Gasteiger partial charge is 0.233 e. The van der Waals surface area contributed by atoms with E-state index in [-0.39, 0.29) is 17.0 Å². The third-order valence-corrected chi connectivity index (χ3v) is 6.80. The van der Waals surface area contributed by atoms with Crippen LogP contribution < -0.4 is 5.32 Å². The zero-order valence-corrected chi connectivity index (χ0v) is 15.9. The van der Waals surface area contributed by atoms with Crippen LogP contribution >= 0.6 is 23.1 Å². The maximum atomic E-state index is 12.9. The number of nitrogens with zero attached hydrogens (tertiary/aromatic N) is 2. The highest BCUT2D eigenvalue weighted by atomic mass is 32.2. The molecule has 26 heavy (non-hydrogen) atoms. The summed E-state index contributed by atoms with van der Waals surface area (Å²) in [5, 5.41) is 4.66. The van der Waals surface area contributed by atoms with E-state index in [1.165, 1.54) is 40.8 Å². The van der Waals surface area contributed by atoms with Crippen molar-refractivity contribution in [2.45, 2.75) is 43.0 Å². The normalized spacial score (nSPS) is 14.4. The molecule has 0 bridgehead atoms. The van der Waals surface area contributed by atoms with Gasteiger partial charge in [0.1, 0.15) is 22.0 Å². The number of thiophene rings is 1. The molecule has 0 saturated carbocycles. The molecule has 134 valence electrons. The SMILES string of the molecule is C[C@@H](Sc1ncnc2sc3c(c12)CCC3)C(=O)NCc1ccc(F)cc1. The fourth-order valence-corrected chi connectivity index (χ4v) is 5.41. The molecule has 0 fully saturated rings. The van der Waals surface area contributed by atoms with Crippen LogP contribution in [0.5, 0.6) is 0 Å². The molecule has 1 N–H and O–H groups in total. The lowest BCUT2D eigenvalue weighted by Gasteiger charge is -2.12. The second-order valence-electron chi connectivity index (χ2n) is 6.32. The molecule has 3 aromatic rings. The zero-order valence-electron chi connectivity index (χ0n) is 14.3. The summed E-state index contributed by atoms with van der Waals surface area (Å²) >= 11 is 3.22. The van der Waals surface area contributed by atoms with Gasteiger partial charge in [-0.3, -0.25) is 4.79 Å². The molecule has 1 aromatic carbocycles. The van der Waals surface area contributed by atoms with Crippen LogP contribution in [0.4, 0.5) is 4.39 Å². The van der Waals surface area contributed by atoms with Gasteiger partial charge in [-0.15, -0.1) is 11.3 Å². The van der Waals surface area contributed by atoms with E-state index >= 15 is 0 Å². The van der Waals surface area contributed by atoms with E-state index in [0.717, 1.165) is 33.6 Å². The fourth-order valence-electron chi connectivity index (χ4n) is 3.15. The van der Waals surface area contributed by atoms with E-state index < -0.39 is 0 Å². The number of benzene rings is 1. The number of aryl methyl sites for hydroxylation is 2. The molecule has 2 aromatic heterocycles. The van der Waals surface area contributed by atoms with Crippen molar-refractivity contribution in [3.05, 3.63) is 52.4 Å². The van der Waals surface area contributed by atoms with Gasteiger partial charge in [0.25, 0.3) is 0 Å². The molecule has 1 aliphatic carbocycles. The Bertz CT molecular complexity index is 955. The van der Waals surface area contributed by atoms with Gasteiger partial charge < -0.3 is 5.32 Å². The van der Waals surface area contributed by atoms with Gasteiger partial charge in [-0.25, -0.2) is 14.4 Å². The Morgan fingerprint density at radius 2 is 2.12 bits per heavy atom. The van der Waals surface area contributed by atoms with Crippen molar-refractivity contribution in [3.8, 4) is 0 Å². The first kappa shape index (κ1) is 17.4. The van der Waals surface area contributed by atoms with E-state index in [4.69, 9.17) is 0 Å². The molecule has 0 aliphatic heterocycles. The molecule has 0 saturated heterocycles. The Kier molecular flexibility index (Phi) is 4.91. The molecule has 4 nitrogen and oxygen atoms in total. The van der Waals surface area contributed by atoms with E-state index in [9.17, 15) is 9.18 Å². The maximum absolute atomic E-state index is 12.9. The molecule has 2 heterocycles. The quantitative estimate of drug-likeness (QED) is 0.529. The number of carbonyl (C=O) groups excluding carboxylic acids is 1. The van der Waals surface area contributed by atoms with E-state index in [0.29, 0.717) is 6.54 Å². The molecule has 0 unspecified atom stereocenters. The minimum Gasteiger partial charge on any atom is -0.351 e. The van der Waals surface area contributed by atoms with Gasteiger partial charge in [0.05, 0.1) is 5.25 Å². The fraction of sp³-hybridized carbons (Fsp3) is 0.316. The van der Waals surface area contributed by atoms with Crippen molar-refractivity contribution in [1.82, 2.24) is 15.3 Å². The van der Waals surface area contributed by atoms with Crippen molar-refractivity contribution in [2.75, 3.05) is 0 Å². The highest BCUT2D eigenvalue weighted by molar-refractivity contribution is 8.00. The number of aromatic nitrogens is 2. The Labute approximate surface area is 159 Å². The van der Waals surface area contributed by atoms with E-state index in [1.54, 1.807) is 29.8 Å². The van der Waals surface area contributed by atoms with Crippen molar-refractivity contribution < 1.29 is 9.18 Å². The number of rotatable bonds is 5. The van der Waals surface area contributed by atoms with Crippen LogP contribution in [0.1, 0.15) is 29.3 Å². The van der Waals surface area contributed by atoms with Crippen LogP contribution in [0.3, 0.4) is 0 Å². The monoisotopic (exact) mass is 387 g/mol. The Balaban J connectivity index is 1.46. The van der Waals surface area contributed by atoms with Crippen molar-refractivity contribution in [1.29, 1.82) is 0 Å². The number of carbonyl (C=O) groups is 1. The van der Waals surface area contributed by atoms with Gasteiger partial charge in [0.2, 0.25) is 5.91 Å². The Hall–Kier alpha value is -1.99. The number of hydrogen-bond donors (Lipinski definition) is 1. The predicted octanol–water partition coefficient (Wildman–Crippen LogP) is 4.12.